The summed E-state index contributed by atoms with van der Waals surface area (Å²) in [5.41, 5.74) is 0.858. The summed E-state index contributed by atoms with van der Waals surface area (Å²) in [7, 11) is -3.40. The number of amides is 1. The molecule has 1 aliphatic heterocycles. The molecule has 2 rings (SSSR count). The number of thioether (sulfide) groups is 1. The number of carbonyl (C=O) groups is 1. The average Bonchev–Trinajstić information content (AvgIpc) is 2.83. The van der Waals surface area contributed by atoms with Gasteiger partial charge in [0.15, 0.2) is 0 Å². The van der Waals surface area contributed by atoms with Crippen LogP contribution in [0.5, 0.6) is 0 Å². The molecule has 0 spiro atoms. The Hall–Kier alpha value is -1.34. The molecule has 0 aromatic heterocycles. The van der Waals surface area contributed by atoms with Crippen LogP contribution in [0.1, 0.15) is 24.3 Å². The van der Waals surface area contributed by atoms with Gasteiger partial charge in [-0.05, 0) is 5.56 Å². The highest BCUT2D eigenvalue weighted by Crippen LogP contribution is 2.40. The third kappa shape index (κ3) is 2.98. The van der Waals surface area contributed by atoms with E-state index in [-0.39, 0.29) is 16.7 Å². The van der Waals surface area contributed by atoms with E-state index in [2.05, 4.69) is 5.10 Å². The molecule has 7 heteroatoms. The molecule has 5 nitrogen and oxygen atoms in total. The summed E-state index contributed by atoms with van der Waals surface area (Å²) >= 11 is 1.09. The Labute approximate surface area is 116 Å². The summed E-state index contributed by atoms with van der Waals surface area (Å²) < 4.78 is 23.1. The van der Waals surface area contributed by atoms with Crippen molar-refractivity contribution < 1.29 is 13.2 Å². The van der Waals surface area contributed by atoms with Gasteiger partial charge in [0.1, 0.15) is 5.37 Å². The van der Waals surface area contributed by atoms with Crippen LogP contribution in [-0.4, -0.2) is 30.0 Å². The van der Waals surface area contributed by atoms with E-state index >= 15 is 0 Å². The molecular weight excluding hydrogens is 284 g/mol. The Balaban J connectivity index is 2.38. The second kappa shape index (κ2) is 5.34. The van der Waals surface area contributed by atoms with Crippen molar-refractivity contribution in [1.82, 2.24) is 5.01 Å². The Morgan fingerprint density at radius 1 is 1.37 bits per heavy atom. The summed E-state index contributed by atoms with van der Waals surface area (Å²) in [4.78, 5) is 11.9. The van der Waals surface area contributed by atoms with Gasteiger partial charge in [0.25, 0.3) is 0 Å². The number of sulfone groups is 1. The lowest BCUT2D eigenvalue weighted by Crippen LogP contribution is -2.25. The van der Waals surface area contributed by atoms with Gasteiger partial charge in [0, 0.05) is 12.7 Å². The minimum atomic E-state index is -3.40. The molecular formula is C12H14N2O3S2. The van der Waals surface area contributed by atoms with Crippen molar-refractivity contribution in [1.29, 1.82) is 0 Å². The van der Waals surface area contributed by atoms with Crippen molar-refractivity contribution in [2.45, 2.75) is 18.7 Å². The van der Waals surface area contributed by atoms with Crippen molar-refractivity contribution in [3.05, 3.63) is 35.9 Å². The molecule has 1 atom stereocenters. The highest BCUT2D eigenvalue weighted by Gasteiger charge is 2.36. The van der Waals surface area contributed by atoms with Gasteiger partial charge in [-0.3, -0.25) is 4.79 Å². The first-order chi connectivity index (χ1) is 8.93. The second-order valence-corrected chi connectivity index (χ2v) is 7.37. The molecule has 1 aromatic rings. The normalized spacial score (nSPS) is 19.4. The number of rotatable bonds is 2. The maximum absolute atomic E-state index is 11.9. The van der Waals surface area contributed by atoms with Crippen LogP contribution in [-0.2, 0) is 14.6 Å². The predicted molar refractivity (Wildman–Crippen MR) is 76.2 cm³/mol. The smallest absolute Gasteiger partial charge is 0.243 e. The van der Waals surface area contributed by atoms with Crippen LogP contribution in [0.25, 0.3) is 0 Å². The van der Waals surface area contributed by atoms with Crippen LogP contribution < -0.4 is 0 Å². The Morgan fingerprint density at radius 3 is 2.53 bits per heavy atom. The fraction of sp³-hybridized carbons (Fsp3) is 0.333. The summed E-state index contributed by atoms with van der Waals surface area (Å²) in [6, 6.07) is 9.28. The lowest BCUT2D eigenvalue weighted by molar-refractivity contribution is -0.131. The first kappa shape index (κ1) is 14.1. The van der Waals surface area contributed by atoms with Gasteiger partial charge in [0.05, 0.1) is 0 Å². The molecule has 19 heavy (non-hydrogen) atoms. The van der Waals surface area contributed by atoms with Crippen LogP contribution in [0.3, 0.4) is 0 Å². The second-order valence-electron chi connectivity index (χ2n) is 4.11. The van der Waals surface area contributed by atoms with Crippen LogP contribution in [0.4, 0.5) is 0 Å². The summed E-state index contributed by atoms with van der Waals surface area (Å²) in [5.74, 6) is -0.194. The standard InChI is InChI=1S/C12H14N2O3S2/c1-3-10(15)14-11(9-7-5-4-6-8-9)18-12(13-14)19(2,16)17/h4-8,11H,3H2,1-2H3. The zero-order valence-electron chi connectivity index (χ0n) is 10.6. The van der Waals surface area contributed by atoms with E-state index in [1.807, 2.05) is 30.3 Å². The highest BCUT2D eigenvalue weighted by molar-refractivity contribution is 8.35. The van der Waals surface area contributed by atoms with Gasteiger partial charge < -0.3 is 0 Å². The van der Waals surface area contributed by atoms with Crippen molar-refractivity contribution >= 4 is 31.9 Å². The molecule has 0 aliphatic carbocycles. The third-order valence-corrected chi connectivity index (χ3v) is 5.48. The zero-order chi connectivity index (χ0) is 14.0. The van der Waals surface area contributed by atoms with E-state index in [1.165, 1.54) is 5.01 Å². The van der Waals surface area contributed by atoms with Gasteiger partial charge in [-0.25, -0.2) is 13.4 Å². The molecule has 1 unspecified atom stereocenters. The summed E-state index contributed by atoms with van der Waals surface area (Å²) in [6.07, 6.45) is 1.38. The van der Waals surface area contributed by atoms with Crippen LogP contribution in [0.15, 0.2) is 35.4 Å². The average molecular weight is 298 g/mol. The first-order valence-electron chi connectivity index (χ1n) is 5.76. The highest BCUT2D eigenvalue weighted by atomic mass is 32.3. The fourth-order valence-corrected chi connectivity index (χ4v) is 3.74. The van der Waals surface area contributed by atoms with Crippen molar-refractivity contribution in [2.75, 3.05) is 6.26 Å². The van der Waals surface area contributed by atoms with E-state index in [4.69, 9.17) is 0 Å². The first-order valence-corrected chi connectivity index (χ1v) is 8.53. The SMILES string of the molecule is CCC(=O)N1N=C(S(C)(=O)=O)SC1c1ccccc1. The molecule has 0 saturated heterocycles. The van der Waals surface area contributed by atoms with Crippen LogP contribution in [0.2, 0.25) is 0 Å². The molecule has 0 saturated carbocycles. The fourth-order valence-electron chi connectivity index (χ4n) is 1.65. The Morgan fingerprint density at radius 2 is 2.00 bits per heavy atom. The molecule has 0 N–H and O–H groups in total. The topological polar surface area (TPSA) is 66.8 Å². The monoisotopic (exact) mass is 298 g/mol. The van der Waals surface area contributed by atoms with Crippen LogP contribution >= 0.6 is 11.8 Å². The molecule has 1 aromatic carbocycles. The van der Waals surface area contributed by atoms with Gasteiger partial charge in [-0.15, -0.1) is 5.10 Å². The van der Waals surface area contributed by atoms with E-state index in [1.54, 1.807) is 6.92 Å². The quantitative estimate of drug-likeness (QED) is 0.837. The lowest BCUT2D eigenvalue weighted by atomic mass is 10.2. The van der Waals surface area contributed by atoms with E-state index in [9.17, 15) is 13.2 Å². The minimum absolute atomic E-state index is 0.0110. The number of nitrogens with zero attached hydrogens (tertiary/aromatic N) is 2. The van der Waals surface area contributed by atoms with Gasteiger partial charge in [-0.1, -0.05) is 49.0 Å². The van der Waals surface area contributed by atoms with Crippen molar-refractivity contribution in [3.63, 3.8) is 0 Å². The Kier molecular flexibility index (Phi) is 3.96. The summed E-state index contributed by atoms with van der Waals surface area (Å²) in [6.45, 7) is 1.73. The maximum Gasteiger partial charge on any atom is 0.243 e. The molecule has 1 aliphatic rings. The van der Waals surface area contributed by atoms with Gasteiger partial charge >= 0.3 is 0 Å². The molecule has 1 heterocycles. The van der Waals surface area contributed by atoms with E-state index in [0.717, 1.165) is 23.6 Å². The molecule has 0 bridgehead atoms. The number of benzene rings is 1. The van der Waals surface area contributed by atoms with Crippen LogP contribution in [0, 0.1) is 0 Å². The number of hydrazone groups is 1. The summed E-state index contributed by atoms with van der Waals surface area (Å²) in [5, 5.41) is 4.82. The third-order valence-electron chi connectivity index (χ3n) is 2.58. The van der Waals surface area contributed by atoms with E-state index in [0.29, 0.717) is 0 Å². The lowest BCUT2D eigenvalue weighted by Gasteiger charge is -2.20. The van der Waals surface area contributed by atoms with Crippen molar-refractivity contribution in [3.8, 4) is 0 Å². The number of hydrogen-bond acceptors (Lipinski definition) is 5. The van der Waals surface area contributed by atoms with E-state index < -0.39 is 15.2 Å². The molecule has 0 fully saturated rings. The zero-order valence-corrected chi connectivity index (χ0v) is 12.2. The Bertz CT molecular complexity index is 611. The molecule has 1 amide bonds. The number of carbonyl (C=O) groups excluding carboxylic acids is 1. The van der Waals surface area contributed by atoms with Gasteiger partial charge in [0.2, 0.25) is 20.1 Å². The molecule has 0 radical (unpaired) electrons. The minimum Gasteiger partial charge on any atom is -0.273 e. The van der Waals surface area contributed by atoms with Gasteiger partial charge in [-0.2, -0.15) is 0 Å². The largest absolute Gasteiger partial charge is 0.273 e. The number of hydrogen-bond donors (Lipinski definition) is 0. The van der Waals surface area contributed by atoms with Crippen molar-refractivity contribution in [2.24, 2.45) is 5.10 Å². The predicted octanol–water partition coefficient (Wildman–Crippen LogP) is 1.99. The maximum atomic E-state index is 11.9. The molecule has 102 valence electrons.